The molecule has 8 aromatic rings. The van der Waals surface area contributed by atoms with Crippen LogP contribution >= 0.6 is 0 Å². The largest absolute Gasteiger partial charge is 0.460 e. The summed E-state index contributed by atoms with van der Waals surface area (Å²) in [6.45, 7) is -6.22. The molecule has 0 saturated carbocycles. The maximum absolute atomic E-state index is 15.7. The molecule has 48 heteroatoms. The molecule has 0 bridgehead atoms. The van der Waals surface area contributed by atoms with E-state index < -0.39 is 197 Å². The fraction of sp³-hybridized carbons (Fsp3) is 0.591. The second kappa shape index (κ2) is 51.2. The Morgan fingerprint density at radius 3 is 0.654 bits per heavy atom. The molecule has 4 aromatic carbocycles. The SMILES string of the molecule is O=C(OCc1ccccc1)[C@@H](CCn1cc(CO[C@H]2O[C@H](CO)[C@@H](O)[C@H](O)[C@@H]2O)nn1)N1CCN([C@H](CCn2cc(CO[C@H]3O[C@H](CO)[C@@H](O)[C@H](O)[C@@H]3O)nn2)C(=O)OCc2ccccc2)CCN([C@H](CCn2cc(CO[C@H]3O[C@H](CO)[C@@H](O)[C@H](O)[C@@H]3O)nn2)C(=O)OCc2ccccc2)CCN([C@H](CCn2cc(CO[C@H]3O[C@H](CO)[C@@H](O)[C@H](O)[C@@H]3O)nn2)C(=O)OCc2ccccc2)CC1. The fourth-order valence-corrected chi connectivity index (χ4v) is 16.4. The van der Waals surface area contributed by atoms with Gasteiger partial charge >= 0.3 is 23.9 Å². The van der Waals surface area contributed by atoms with Gasteiger partial charge in [-0.25, -0.2) is 0 Å². The van der Waals surface area contributed by atoms with Crippen LogP contribution in [0.25, 0.3) is 0 Å². The number of aliphatic hydroxyl groups excluding tert-OH is 16. The molecule has 136 heavy (non-hydrogen) atoms. The second-order valence-corrected chi connectivity index (χ2v) is 33.7. The molecule has 5 aliphatic rings. The Morgan fingerprint density at radius 2 is 0.471 bits per heavy atom. The summed E-state index contributed by atoms with van der Waals surface area (Å²) in [7, 11) is 0. The van der Waals surface area contributed by atoms with Crippen molar-refractivity contribution in [1.29, 1.82) is 0 Å². The molecule has 0 spiro atoms. The Labute approximate surface area is 779 Å². The van der Waals surface area contributed by atoms with Crippen LogP contribution in [0.4, 0.5) is 0 Å². The Bertz CT molecular complexity index is 4290. The Balaban J connectivity index is 0.884. The number of nitrogens with zero attached hydrogens (tertiary/aromatic N) is 16. The number of carbonyl (C=O) groups excluding carboxylic acids is 4. The predicted octanol–water partition coefficient (Wildman–Crippen LogP) is -6.35. The predicted molar refractivity (Wildman–Crippen MR) is 459 cm³/mol. The van der Waals surface area contributed by atoms with Crippen LogP contribution < -0.4 is 0 Å². The van der Waals surface area contributed by atoms with E-state index in [-0.39, 0.29) is 180 Å². The van der Waals surface area contributed by atoms with Crippen LogP contribution in [0.2, 0.25) is 0 Å². The lowest BCUT2D eigenvalue weighted by molar-refractivity contribution is -0.304. The van der Waals surface area contributed by atoms with Gasteiger partial charge in [0.1, 0.15) is 171 Å². The molecule has 24 atom stereocenters. The number of carbonyl (C=O) groups is 4. The molecule has 16 N–H and O–H groups in total. The molecule has 4 aromatic heterocycles. The van der Waals surface area contributed by atoms with E-state index in [1.54, 1.807) is 121 Å². The summed E-state index contributed by atoms with van der Waals surface area (Å²) >= 11 is 0. The number of ether oxygens (including phenoxy) is 12. The zero-order valence-electron chi connectivity index (χ0n) is 74.4. The van der Waals surface area contributed by atoms with Crippen molar-refractivity contribution < 1.29 is 158 Å². The van der Waals surface area contributed by atoms with Crippen molar-refractivity contribution in [2.75, 3.05) is 78.8 Å². The van der Waals surface area contributed by atoms with Crippen molar-refractivity contribution in [2.24, 2.45) is 0 Å². The van der Waals surface area contributed by atoms with Crippen LogP contribution in [-0.4, -0.2) is 411 Å². The molecule has 5 saturated heterocycles. The maximum Gasteiger partial charge on any atom is 0.323 e. The van der Waals surface area contributed by atoms with Gasteiger partial charge in [0.2, 0.25) is 0 Å². The highest BCUT2D eigenvalue weighted by Crippen LogP contribution is 2.30. The van der Waals surface area contributed by atoms with Crippen LogP contribution in [0.5, 0.6) is 0 Å². The number of hydrogen-bond acceptors (Lipinski definition) is 44. The molecule has 0 aliphatic carbocycles. The van der Waals surface area contributed by atoms with Crippen molar-refractivity contribution in [3.63, 3.8) is 0 Å². The lowest BCUT2D eigenvalue weighted by Gasteiger charge is -2.40. The van der Waals surface area contributed by atoms with Gasteiger partial charge in [0.25, 0.3) is 0 Å². The number of aromatic nitrogens is 12. The van der Waals surface area contributed by atoms with E-state index in [1.807, 2.05) is 19.6 Å². The summed E-state index contributed by atoms with van der Waals surface area (Å²) in [6.07, 6.45) is -26.1. The molecule has 13 rings (SSSR count). The maximum atomic E-state index is 15.7. The normalized spacial score (nSPS) is 27.9. The van der Waals surface area contributed by atoms with Gasteiger partial charge in [-0.3, -0.25) is 57.5 Å². The third-order valence-electron chi connectivity index (χ3n) is 24.3. The number of hydrogen-bond donors (Lipinski definition) is 16. The van der Waals surface area contributed by atoms with Gasteiger partial charge in [0.05, 0.1) is 77.6 Å². The summed E-state index contributed by atoms with van der Waals surface area (Å²) in [6, 6.07) is 30.7. The summed E-state index contributed by atoms with van der Waals surface area (Å²) in [4.78, 5) is 70.4. The van der Waals surface area contributed by atoms with E-state index in [1.165, 1.54) is 43.5 Å². The third-order valence-corrected chi connectivity index (χ3v) is 24.3. The van der Waals surface area contributed by atoms with E-state index in [0.29, 0.717) is 22.3 Å². The van der Waals surface area contributed by atoms with E-state index in [9.17, 15) is 81.7 Å². The van der Waals surface area contributed by atoms with E-state index in [0.717, 1.165) is 0 Å². The number of benzene rings is 4. The Kier molecular flexibility index (Phi) is 39.0. The van der Waals surface area contributed by atoms with Crippen LogP contribution in [0, 0.1) is 0 Å². The average Bonchev–Trinajstić information content (AvgIpc) is 0.844. The van der Waals surface area contributed by atoms with Gasteiger partial charge < -0.3 is 139 Å². The van der Waals surface area contributed by atoms with Crippen molar-refractivity contribution in [2.45, 2.75) is 252 Å². The summed E-state index contributed by atoms with van der Waals surface area (Å²) in [5, 5.41) is 202. The van der Waals surface area contributed by atoms with E-state index in [4.69, 9.17) is 56.8 Å². The fourth-order valence-electron chi connectivity index (χ4n) is 16.4. The van der Waals surface area contributed by atoms with E-state index in [2.05, 4.69) is 41.2 Å². The van der Waals surface area contributed by atoms with Crippen LogP contribution in [0.15, 0.2) is 146 Å². The lowest BCUT2D eigenvalue weighted by Crippen LogP contribution is -2.59. The molecular formula is C88H120N16O32. The van der Waals surface area contributed by atoms with Gasteiger partial charge in [-0.1, -0.05) is 142 Å². The number of esters is 4. The zero-order chi connectivity index (χ0) is 96.3. The van der Waals surface area contributed by atoms with Gasteiger partial charge in [-0.15, -0.1) is 20.4 Å². The first-order valence-corrected chi connectivity index (χ1v) is 44.9. The van der Waals surface area contributed by atoms with Crippen molar-refractivity contribution >= 4 is 23.9 Å². The highest BCUT2D eigenvalue weighted by molar-refractivity contribution is 5.77. The Morgan fingerprint density at radius 1 is 0.279 bits per heavy atom. The standard InChI is InChI=1S/C88H120N16O32/c105-41-65-69(109)73(113)77(117)85(133-65)129-49-57-37-101(93-89-57)25-21-61(81(121)125-45-53-13-5-1-6-14-53)97-29-31-98(62(82(122)126-46-54-15-7-2-8-16-54)22-26-102-38-58(90-94-102)50-130-86-78(118)74(114)70(110)66(42-106)134-86)33-35-100(64(84(124)128-48-56-19-11-4-12-20-56)24-28-104-40-60(92-96-104)52-132-88-80(120)76(116)72(112)68(44-108)136-88)36-34-99(32-30-97)63(83(123)127-47-55-17-9-3-10-18-55)23-27-103-39-59(91-95-103)51-131-87-79(119)75(115)71(111)67(43-107)135-87/h1-20,37-40,61-80,85-88,105-120H,21-36,41-52H2/t61-,62-,63-,64-,65-,66-,67-,68-,69-,70-,71-,72-,73+,74+,75+,76+,77+,78+,79+,80+,85+,86+,87+,88+/m1/s1. The first-order chi connectivity index (χ1) is 65.8. The molecule has 9 heterocycles. The summed E-state index contributed by atoms with van der Waals surface area (Å²) in [5.74, 6) is -2.90. The van der Waals surface area contributed by atoms with Crippen LogP contribution in [0.1, 0.15) is 70.7 Å². The van der Waals surface area contributed by atoms with Gasteiger partial charge in [-0.2, -0.15) is 0 Å². The topological polar surface area (TPSA) is 639 Å². The number of aliphatic hydroxyl groups is 16. The second-order valence-electron chi connectivity index (χ2n) is 33.7. The van der Waals surface area contributed by atoms with Gasteiger partial charge in [0.15, 0.2) is 25.2 Å². The molecule has 0 radical (unpaired) electrons. The first kappa shape index (κ1) is 104. The van der Waals surface area contributed by atoms with Crippen molar-refractivity contribution in [3.05, 3.63) is 191 Å². The lowest BCUT2D eigenvalue weighted by atomic mass is 9.99. The molecule has 0 unspecified atom stereocenters. The molecule has 5 aliphatic heterocycles. The molecule has 0 amide bonds. The minimum Gasteiger partial charge on any atom is -0.460 e. The quantitative estimate of drug-likeness (QED) is 0.0125. The Hall–Kier alpha value is -9.80. The van der Waals surface area contributed by atoms with Crippen LogP contribution in [0.3, 0.4) is 0 Å². The monoisotopic (exact) mass is 1910 g/mol. The minimum absolute atomic E-state index is 0.0611. The van der Waals surface area contributed by atoms with E-state index >= 15 is 19.2 Å². The average molecular weight is 1910 g/mol. The molecule has 744 valence electrons. The third kappa shape index (κ3) is 28.3. The molecular weight excluding hydrogens is 1790 g/mol. The zero-order valence-corrected chi connectivity index (χ0v) is 74.4. The van der Waals surface area contributed by atoms with Crippen molar-refractivity contribution in [3.8, 4) is 0 Å². The minimum atomic E-state index is -1.75. The highest BCUT2D eigenvalue weighted by Gasteiger charge is 2.49. The number of aryl methyl sites for hydroxylation is 4. The highest BCUT2D eigenvalue weighted by atomic mass is 16.7. The van der Waals surface area contributed by atoms with Gasteiger partial charge in [-0.05, 0) is 47.9 Å². The van der Waals surface area contributed by atoms with Crippen LogP contribution in [-0.2, 0) is 155 Å². The van der Waals surface area contributed by atoms with Crippen molar-refractivity contribution in [1.82, 2.24) is 79.6 Å². The summed E-state index contributed by atoms with van der Waals surface area (Å²) < 4.78 is 76.7. The number of rotatable bonds is 44. The molecule has 48 nitrogen and oxygen atoms in total. The molecule has 5 fully saturated rings. The smallest absolute Gasteiger partial charge is 0.323 e. The summed E-state index contributed by atoms with van der Waals surface area (Å²) in [5.41, 5.74) is 3.28. The van der Waals surface area contributed by atoms with Gasteiger partial charge in [0, 0.05) is 78.5 Å². The first-order valence-electron chi connectivity index (χ1n) is 44.9.